The molecule has 0 fully saturated rings. The highest BCUT2D eigenvalue weighted by atomic mass is 35.5. The average Bonchev–Trinajstić information content (AvgIpc) is 2.91. The van der Waals surface area contributed by atoms with Gasteiger partial charge in [0.05, 0.1) is 16.1 Å². The number of nitrogens with one attached hydrogen (secondary N) is 1. The van der Waals surface area contributed by atoms with Gasteiger partial charge in [-0.25, -0.2) is 18.1 Å². The van der Waals surface area contributed by atoms with Crippen molar-refractivity contribution in [1.82, 2.24) is 14.3 Å². The summed E-state index contributed by atoms with van der Waals surface area (Å²) in [5.74, 6) is 0. The average molecular weight is 331 g/mol. The van der Waals surface area contributed by atoms with E-state index in [-0.39, 0.29) is 16.5 Å². The summed E-state index contributed by atoms with van der Waals surface area (Å²) in [5, 5.41) is 10.7. The van der Waals surface area contributed by atoms with E-state index in [0.29, 0.717) is 6.54 Å². The Morgan fingerprint density at radius 3 is 2.81 bits per heavy atom. The topological polar surface area (TPSA) is 107 Å². The molecule has 1 aromatic carbocycles. The molecule has 0 saturated heterocycles. The fraction of sp³-hybridized carbons (Fsp3) is 0.182. The van der Waals surface area contributed by atoms with Crippen LogP contribution >= 0.6 is 11.6 Å². The lowest BCUT2D eigenvalue weighted by molar-refractivity contribution is -0.384. The molecule has 2 rings (SSSR count). The lowest BCUT2D eigenvalue weighted by atomic mass is 10.3. The third-order valence-corrected chi connectivity index (χ3v) is 4.42. The van der Waals surface area contributed by atoms with Crippen LogP contribution in [0.25, 0.3) is 0 Å². The maximum absolute atomic E-state index is 12.0. The molecule has 0 aliphatic heterocycles. The molecule has 112 valence electrons. The monoisotopic (exact) mass is 330 g/mol. The molecule has 2 aromatic rings. The Morgan fingerprint density at radius 2 is 2.19 bits per heavy atom. The number of halogens is 1. The van der Waals surface area contributed by atoms with Crippen molar-refractivity contribution in [2.75, 3.05) is 6.54 Å². The van der Waals surface area contributed by atoms with Crippen LogP contribution in [0, 0.1) is 10.1 Å². The van der Waals surface area contributed by atoms with Crippen molar-refractivity contribution >= 4 is 27.3 Å². The number of rotatable bonds is 6. The van der Waals surface area contributed by atoms with Gasteiger partial charge in [0.25, 0.3) is 5.69 Å². The van der Waals surface area contributed by atoms with E-state index in [1.54, 1.807) is 23.3 Å². The molecule has 0 aliphatic rings. The largest absolute Gasteiger partial charge is 0.336 e. The van der Waals surface area contributed by atoms with Crippen LogP contribution in [-0.4, -0.2) is 29.4 Å². The zero-order chi connectivity index (χ0) is 15.5. The zero-order valence-corrected chi connectivity index (χ0v) is 12.2. The molecule has 0 spiro atoms. The number of nitro groups is 1. The molecule has 8 nitrogen and oxygen atoms in total. The highest BCUT2D eigenvalue weighted by molar-refractivity contribution is 7.89. The van der Waals surface area contributed by atoms with Crippen molar-refractivity contribution < 1.29 is 13.3 Å². The smallest absolute Gasteiger partial charge is 0.289 e. The molecule has 21 heavy (non-hydrogen) atoms. The van der Waals surface area contributed by atoms with Crippen molar-refractivity contribution in [2.24, 2.45) is 0 Å². The summed E-state index contributed by atoms with van der Waals surface area (Å²) >= 11 is 5.65. The van der Waals surface area contributed by atoms with Gasteiger partial charge in [-0.1, -0.05) is 11.6 Å². The molecule has 0 amide bonds. The standard InChI is InChI=1S/C11H11ClN4O4S/c12-10-2-1-9(7-11(10)16(17)18)21(19,20)14-4-6-15-5-3-13-8-15/h1-3,5,7-8,14H,4,6H2. The van der Waals surface area contributed by atoms with Crippen LogP contribution in [0.2, 0.25) is 5.02 Å². The SMILES string of the molecule is O=[N+]([O-])c1cc(S(=O)(=O)NCCn2ccnc2)ccc1Cl. The molecular weight excluding hydrogens is 320 g/mol. The highest BCUT2D eigenvalue weighted by Crippen LogP contribution is 2.26. The third-order valence-electron chi connectivity index (χ3n) is 2.65. The molecule has 0 unspecified atom stereocenters. The Kier molecular flexibility index (Phi) is 4.56. The fourth-order valence-electron chi connectivity index (χ4n) is 1.61. The first-order valence-electron chi connectivity index (χ1n) is 5.79. The van der Waals surface area contributed by atoms with Crippen molar-refractivity contribution in [2.45, 2.75) is 11.4 Å². The van der Waals surface area contributed by atoms with Crippen LogP contribution in [-0.2, 0) is 16.6 Å². The molecule has 1 N–H and O–H groups in total. The van der Waals surface area contributed by atoms with Crippen LogP contribution in [0.4, 0.5) is 5.69 Å². The van der Waals surface area contributed by atoms with E-state index in [1.165, 1.54) is 12.1 Å². The summed E-state index contributed by atoms with van der Waals surface area (Å²) in [5.41, 5.74) is -0.450. The first-order valence-corrected chi connectivity index (χ1v) is 7.65. The Hall–Kier alpha value is -1.97. The van der Waals surface area contributed by atoms with Gasteiger partial charge in [0.1, 0.15) is 5.02 Å². The Labute approximate surface area is 125 Å². The molecule has 0 saturated carbocycles. The Morgan fingerprint density at radius 1 is 1.43 bits per heavy atom. The first-order chi connectivity index (χ1) is 9.90. The van der Waals surface area contributed by atoms with E-state index >= 15 is 0 Å². The van der Waals surface area contributed by atoms with E-state index in [9.17, 15) is 18.5 Å². The number of hydrogen-bond donors (Lipinski definition) is 1. The molecule has 1 aromatic heterocycles. The predicted molar refractivity (Wildman–Crippen MR) is 75.5 cm³/mol. The van der Waals surface area contributed by atoms with Crippen molar-refractivity contribution in [3.8, 4) is 0 Å². The van der Waals surface area contributed by atoms with Gasteiger partial charge in [-0.15, -0.1) is 0 Å². The molecular formula is C11H11ClN4O4S. The second kappa shape index (κ2) is 6.20. The minimum absolute atomic E-state index is 0.114. The maximum atomic E-state index is 12.0. The number of imidazole rings is 1. The van der Waals surface area contributed by atoms with Crippen LogP contribution in [0.5, 0.6) is 0 Å². The molecule has 0 atom stereocenters. The van der Waals surface area contributed by atoms with Crippen molar-refractivity contribution in [1.29, 1.82) is 0 Å². The number of nitrogens with zero attached hydrogens (tertiary/aromatic N) is 3. The minimum atomic E-state index is -3.83. The summed E-state index contributed by atoms with van der Waals surface area (Å²) in [6.07, 6.45) is 4.83. The fourth-order valence-corrected chi connectivity index (χ4v) is 2.84. The molecule has 0 aliphatic carbocycles. The van der Waals surface area contributed by atoms with Gasteiger partial charge in [0.15, 0.2) is 0 Å². The molecule has 0 radical (unpaired) electrons. The Bertz CT molecular complexity index is 746. The maximum Gasteiger partial charge on any atom is 0.289 e. The Balaban J connectivity index is 2.12. The molecule has 10 heteroatoms. The second-order valence-electron chi connectivity index (χ2n) is 4.07. The summed E-state index contributed by atoms with van der Waals surface area (Å²) in [6.45, 7) is 0.532. The van der Waals surface area contributed by atoms with E-state index in [4.69, 9.17) is 11.6 Å². The number of nitro benzene ring substituents is 1. The van der Waals surface area contributed by atoms with Gasteiger partial charge < -0.3 is 4.57 Å². The lowest BCUT2D eigenvalue weighted by Crippen LogP contribution is -2.27. The summed E-state index contributed by atoms with van der Waals surface area (Å²) in [7, 11) is -3.83. The van der Waals surface area contributed by atoms with Crippen molar-refractivity contribution in [3.05, 3.63) is 52.1 Å². The van der Waals surface area contributed by atoms with E-state index in [0.717, 1.165) is 6.07 Å². The number of sulfonamides is 1. The normalized spacial score (nSPS) is 11.5. The van der Waals surface area contributed by atoms with E-state index in [1.807, 2.05) is 0 Å². The first kappa shape index (κ1) is 15.4. The number of benzene rings is 1. The minimum Gasteiger partial charge on any atom is -0.336 e. The summed E-state index contributed by atoms with van der Waals surface area (Å²) in [6, 6.07) is 3.33. The lowest BCUT2D eigenvalue weighted by Gasteiger charge is -2.07. The third kappa shape index (κ3) is 3.78. The van der Waals surface area contributed by atoms with Crippen LogP contribution in [0.15, 0.2) is 41.8 Å². The van der Waals surface area contributed by atoms with Gasteiger partial charge in [0.2, 0.25) is 10.0 Å². The van der Waals surface area contributed by atoms with Gasteiger partial charge in [-0.3, -0.25) is 10.1 Å². The van der Waals surface area contributed by atoms with Gasteiger partial charge >= 0.3 is 0 Å². The second-order valence-corrected chi connectivity index (χ2v) is 6.24. The summed E-state index contributed by atoms with van der Waals surface area (Å²) < 4.78 is 28.1. The van der Waals surface area contributed by atoms with Crippen LogP contribution in [0.3, 0.4) is 0 Å². The van der Waals surface area contributed by atoms with E-state index < -0.39 is 20.6 Å². The summed E-state index contributed by atoms with van der Waals surface area (Å²) in [4.78, 5) is 13.7. The predicted octanol–water partition coefficient (Wildman–Crippen LogP) is 1.42. The number of hydrogen-bond acceptors (Lipinski definition) is 5. The number of aromatic nitrogens is 2. The van der Waals surface area contributed by atoms with Gasteiger partial charge in [-0.05, 0) is 12.1 Å². The molecule has 0 bridgehead atoms. The quantitative estimate of drug-likeness (QED) is 0.636. The van der Waals surface area contributed by atoms with Crippen LogP contribution in [0.1, 0.15) is 0 Å². The van der Waals surface area contributed by atoms with Gasteiger partial charge in [-0.2, -0.15) is 0 Å². The highest BCUT2D eigenvalue weighted by Gasteiger charge is 2.20. The molecule has 1 heterocycles. The van der Waals surface area contributed by atoms with Crippen LogP contribution < -0.4 is 4.72 Å². The van der Waals surface area contributed by atoms with E-state index in [2.05, 4.69) is 9.71 Å². The van der Waals surface area contributed by atoms with Crippen molar-refractivity contribution in [3.63, 3.8) is 0 Å². The zero-order valence-electron chi connectivity index (χ0n) is 10.6. The van der Waals surface area contributed by atoms with Gasteiger partial charge in [0, 0.05) is 31.5 Å².